The number of thioether (sulfide) groups is 1. The molecule has 1 aliphatic heterocycles. The van der Waals surface area contributed by atoms with Gasteiger partial charge in [0.05, 0.1) is 32.9 Å². The molecular weight excluding hydrogens is 408 g/mol. The Hall–Kier alpha value is -2.71. The third kappa shape index (κ3) is 4.65. The minimum Gasteiger partial charge on any atom is -0.497 e. The molecule has 0 aliphatic carbocycles. The van der Waals surface area contributed by atoms with Crippen molar-refractivity contribution in [2.24, 2.45) is 0 Å². The monoisotopic (exact) mass is 430 g/mol. The molecule has 1 amide bonds. The molecule has 0 saturated carbocycles. The van der Waals surface area contributed by atoms with Crippen LogP contribution in [0.3, 0.4) is 0 Å². The van der Waals surface area contributed by atoms with Gasteiger partial charge in [-0.1, -0.05) is 30.0 Å². The van der Waals surface area contributed by atoms with Crippen LogP contribution in [0.2, 0.25) is 0 Å². The molecule has 0 aromatic heterocycles. The lowest BCUT2D eigenvalue weighted by Crippen LogP contribution is -2.38. The van der Waals surface area contributed by atoms with E-state index in [1.165, 1.54) is 11.8 Å². The molecule has 0 atom stereocenters. The summed E-state index contributed by atoms with van der Waals surface area (Å²) in [7, 11) is 6.71. The van der Waals surface area contributed by atoms with Crippen molar-refractivity contribution in [2.75, 3.05) is 39.9 Å². The highest BCUT2D eigenvalue weighted by Gasteiger charge is 2.32. The first kappa shape index (κ1) is 21.0. The van der Waals surface area contributed by atoms with Gasteiger partial charge in [-0.3, -0.25) is 9.69 Å². The lowest BCUT2D eigenvalue weighted by atomic mass is 10.2. The Kier molecular flexibility index (Phi) is 6.66. The van der Waals surface area contributed by atoms with Gasteiger partial charge >= 0.3 is 0 Å². The standard InChI is InChI=1S/C21H22N2O4S2/c1-22(15-6-8-16(25-2)9-7-15)13-23-20(24)19(29-21(23)28)12-14-5-10-17(26-3)18(11-14)27-4/h5-12H,13H2,1-4H3. The number of nitrogens with zero attached hydrogens (tertiary/aromatic N) is 2. The molecule has 0 N–H and O–H groups in total. The molecule has 152 valence electrons. The molecule has 8 heteroatoms. The fourth-order valence-corrected chi connectivity index (χ4v) is 4.09. The molecule has 1 fully saturated rings. The van der Waals surface area contributed by atoms with Crippen LogP contribution in [-0.2, 0) is 4.79 Å². The van der Waals surface area contributed by atoms with E-state index in [2.05, 4.69) is 0 Å². The van der Waals surface area contributed by atoms with E-state index in [4.69, 9.17) is 26.4 Å². The summed E-state index contributed by atoms with van der Waals surface area (Å²) in [5, 5.41) is 0. The molecule has 2 aromatic carbocycles. The Morgan fingerprint density at radius 2 is 1.72 bits per heavy atom. The first-order valence-corrected chi connectivity index (χ1v) is 10.0. The van der Waals surface area contributed by atoms with Gasteiger partial charge in [-0.25, -0.2) is 0 Å². The number of hydrogen-bond acceptors (Lipinski definition) is 7. The molecule has 2 aromatic rings. The number of thiocarbonyl (C=S) groups is 1. The zero-order valence-electron chi connectivity index (χ0n) is 16.7. The highest BCUT2D eigenvalue weighted by Crippen LogP contribution is 2.35. The van der Waals surface area contributed by atoms with Crippen LogP contribution in [0.4, 0.5) is 5.69 Å². The van der Waals surface area contributed by atoms with Crippen LogP contribution in [0.5, 0.6) is 17.2 Å². The van der Waals surface area contributed by atoms with Crippen molar-refractivity contribution in [1.29, 1.82) is 0 Å². The summed E-state index contributed by atoms with van der Waals surface area (Å²) in [5.41, 5.74) is 1.80. The number of rotatable bonds is 7. The number of ether oxygens (including phenoxy) is 3. The maximum absolute atomic E-state index is 12.9. The molecule has 0 radical (unpaired) electrons. The van der Waals surface area contributed by atoms with E-state index in [0.717, 1.165) is 17.0 Å². The van der Waals surface area contributed by atoms with Crippen molar-refractivity contribution < 1.29 is 19.0 Å². The van der Waals surface area contributed by atoms with E-state index in [1.54, 1.807) is 26.2 Å². The summed E-state index contributed by atoms with van der Waals surface area (Å²) < 4.78 is 16.3. The van der Waals surface area contributed by atoms with Gasteiger partial charge in [0.25, 0.3) is 5.91 Å². The number of benzene rings is 2. The van der Waals surface area contributed by atoms with Crippen LogP contribution in [0, 0.1) is 0 Å². The predicted molar refractivity (Wildman–Crippen MR) is 121 cm³/mol. The molecule has 0 bridgehead atoms. The Labute approximate surface area is 180 Å². The minimum atomic E-state index is -0.116. The van der Waals surface area contributed by atoms with Gasteiger partial charge in [0.1, 0.15) is 10.1 Å². The highest BCUT2D eigenvalue weighted by atomic mass is 32.2. The molecule has 0 unspecified atom stereocenters. The van der Waals surface area contributed by atoms with Crippen molar-refractivity contribution in [3.05, 3.63) is 52.9 Å². The van der Waals surface area contributed by atoms with E-state index >= 15 is 0 Å². The topological polar surface area (TPSA) is 51.2 Å². The van der Waals surface area contributed by atoms with Gasteiger partial charge in [0.15, 0.2) is 11.5 Å². The Bertz CT molecular complexity index is 944. The zero-order valence-corrected chi connectivity index (χ0v) is 18.3. The molecular formula is C21H22N2O4S2. The summed E-state index contributed by atoms with van der Waals surface area (Å²) >= 11 is 6.74. The number of carbonyl (C=O) groups is 1. The number of anilines is 1. The summed E-state index contributed by atoms with van der Waals surface area (Å²) in [6.07, 6.45) is 1.81. The molecule has 29 heavy (non-hydrogen) atoms. The van der Waals surface area contributed by atoms with Gasteiger partial charge in [-0.15, -0.1) is 0 Å². The Morgan fingerprint density at radius 1 is 1.03 bits per heavy atom. The zero-order chi connectivity index (χ0) is 21.0. The predicted octanol–water partition coefficient (Wildman–Crippen LogP) is 4.01. The quantitative estimate of drug-likeness (QED) is 0.486. The van der Waals surface area contributed by atoms with Crippen molar-refractivity contribution in [1.82, 2.24) is 4.90 Å². The summed E-state index contributed by atoms with van der Waals surface area (Å²) in [5.74, 6) is 1.91. The van der Waals surface area contributed by atoms with Crippen LogP contribution in [0.15, 0.2) is 47.4 Å². The van der Waals surface area contributed by atoms with Crippen molar-refractivity contribution in [2.45, 2.75) is 0 Å². The van der Waals surface area contributed by atoms with Gasteiger partial charge < -0.3 is 19.1 Å². The van der Waals surface area contributed by atoms with Gasteiger partial charge in [0, 0.05) is 12.7 Å². The van der Waals surface area contributed by atoms with E-state index in [0.29, 0.717) is 27.4 Å². The molecule has 1 saturated heterocycles. The second kappa shape index (κ2) is 9.19. The summed E-state index contributed by atoms with van der Waals surface area (Å²) in [6, 6.07) is 13.2. The average molecular weight is 431 g/mol. The fourth-order valence-electron chi connectivity index (χ4n) is 2.85. The number of amides is 1. The fraction of sp³-hybridized carbons (Fsp3) is 0.238. The van der Waals surface area contributed by atoms with E-state index in [9.17, 15) is 4.79 Å². The van der Waals surface area contributed by atoms with Crippen molar-refractivity contribution in [3.8, 4) is 17.2 Å². The maximum Gasteiger partial charge on any atom is 0.267 e. The summed E-state index contributed by atoms with van der Waals surface area (Å²) in [4.78, 5) is 17.0. The number of hydrogen-bond donors (Lipinski definition) is 0. The maximum atomic E-state index is 12.9. The second-order valence-corrected chi connectivity index (χ2v) is 7.94. The molecule has 1 heterocycles. The largest absolute Gasteiger partial charge is 0.497 e. The first-order chi connectivity index (χ1) is 14.0. The van der Waals surface area contributed by atoms with E-state index < -0.39 is 0 Å². The molecule has 3 rings (SSSR count). The van der Waals surface area contributed by atoms with Gasteiger partial charge in [-0.05, 0) is 48.0 Å². The van der Waals surface area contributed by atoms with Gasteiger partial charge in [0.2, 0.25) is 0 Å². The minimum absolute atomic E-state index is 0.116. The SMILES string of the molecule is COc1ccc(N(C)CN2C(=O)C(=Cc3ccc(OC)c(OC)c3)SC2=S)cc1. The second-order valence-electron chi connectivity index (χ2n) is 6.26. The highest BCUT2D eigenvalue weighted by molar-refractivity contribution is 8.26. The third-order valence-corrected chi connectivity index (χ3v) is 5.82. The Balaban J connectivity index is 1.76. The third-order valence-electron chi connectivity index (χ3n) is 4.45. The lowest BCUT2D eigenvalue weighted by molar-refractivity contribution is -0.122. The van der Waals surface area contributed by atoms with Crippen LogP contribution in [0.1, 0.15) is 5.56 Å². The van der Waals surface area contributed by atoms with E-state index in [-0.39, 0.29) is 5.91 Å². The van der Waals surface area contributed by atoms with Crippen LogP contribution in [0.25, 0.3) is 6.08 Å². The normalized spacial score (nSPS) is 15.0. The van der Waals surface area contributed by atoms with Crippen LogP contribution < -0.4 is 19.1 Å². The molecule has 0 spiro atoms. The smallest absolute Gasteiger partial charge is 0.267 e. The first-order valence-electron chi connectivity index (χ1n) is 8.79. The van der Waals surface area contributed by atoms with Gasteiger partial charge in [-0.2, -0.15) is 0 Å². The number of methoxy groups -OCH3 is 3. The van der Waals surface area contributed by atoms with Crippen molar-refractivity contribution >= 4 is 46.0 Å². The van der Waals surface area contributed by atoms with Crippen LogP contribution in [-0.4, -0.2) is 50.2 Å². The van der Waals surface area contributed by atoms with Crippen molar-refractivity contribution in [3.63, 3.8) is 0 Å². The average Bonchev–Trinajstić information content (AvgIpc) is 3.00. The summed E-state index contributed by atoms with van der Waals surface area (Å²) in [6.45, 7) is 0.361. The van der Waals surface area contributed by atoms with Crippen LogP contribution >= 0.6 is 24.0 Å². The lowest BCUT2D eigenvalue weighted by Gasteiger charge is -2.25. The Morgan fingerprint density at radius 3 is 2.34 bits per heavy atom. The number of carbonyl (C=O) groups excluding carboxylic acids is 1. The molecule has 1 aliphatic rings. The molecule has 6 nitrogen and oxygen atoms in total. The van der Waals surface area contributed by atoms with E-state index in [1.807, 2.05) is 60.5 Å².